The van der Waals surface area contributed by atoms with E-state index in [1.165, 1.54) is 6.07 Å². The maximum Gasteiger partial charge on any atom is 0.191 e. The van der Waals surface area contributed by atoms with Crippen molar-refractivity contribution in [3.8, 4) is 0 Å². The zero-order valence-electron chi connectivity index (χ0n) is 14.4. The molecule has 1 fully saturated rings. The van der Waals surface area contributed by atoms with E-state index in [1.54, 1.807) is 25.5 Å². The number of nitrogens with one attached hydrogen (secondary N) is 2. The van der Waals surface area contributed by atoms with Crippen LogP contribution in [0.1, 0.15) is 12.8 Å². The minimum atomic E-state index is -0.273. The zero-order valence-corrected chi connectivity index (χ0v) is 14.4. The topological polar surface area (TPSA) is 70.4 Å². The van der Waals surface area contributed by atoms with Crippen molar-refractivity contribution < 1.29 is 4.39 Å². The number of guanidine groups is 1. The van der Waals surface area contributed by atoms with Gasteiger partial charge >= 0.3 is 0 Å². The number of halogens is 1. The van der Waals surface area contributed by atoms with Crippen LogP contribution in [0.4, 0.5) is 10.2 Å². The Morgan fingerprint density at radius 2 is 2.36 bits per heavy atom. The van der Waals surface area contributed by atoms with Crippen molar-refractivity contribution in [1.82, 2.24) is 25.2 Å². The predicted octanol–water partition coefficient (Wildman–Crippen LogP) is 1.25. The van der Waals surface area contributed by atoms with Crippen LogP contribution in [0.15, 0.2) is 42.0 Å². The third-order valence-electron chi connectivity index (χ3n) is 4.24. The Bertz CT molecular complexity index is 686. The summed E-state index contributed by atoms with van der Waals surface area (Å²) in [5.74, 6) is 0.930. The maximum atomic E-state index is 13.9. The summed E-state index contributed by atoms with van der Waals surface area (Å²) in [4.78, 5) is 14.4. The van der Waals surface area contributed by atoms with Gasteiger partial charge < -0.3 is 20.1 Å². The minimum absolute atomic E-state index is 0.223. The van der Waals surface area contributed by atoms with E-state index in [0.717, 1.165) is 38.4 Å². The average Bonchev–Trinajstić information content (AvgIpc) is 3.30. The number of rotatable bonds is 6. The summed E-state index contributed by atoms with van der Waals surface area (Å²) >= 11 is 0. The number of aryl methyl sites for hydroxylation is 1. The summed E-state index contributed by atoms with van der Waals surface area (Å²) in [6.07, 6.45) is 9.08. The summed E-state index contributed by atoms with van der Waals surface area (Å²) in [6, 6.07) is 3.28. The molecule has 0 spiro atoms. The van der Waals surface area contributed by atoms with Crippen LogP contribution in [0.2, 0.25) is 0 Å². The number of aromatic nitrogens is 3. The van der Waals surface area contributed by atoms with Crippen LogP contribution >= 0.6 is 0 Å². The van der Waals surface area contributed by atoms with Crippen LogP contribution in [-0.2, 0) is 6.54 Å². The Kier molecular flexibility index (Phi) is 5.81. The van der Waals surface area contributed by atoms with Crippen molar-refractivity contribution in [3.05, 3.63) is 42.9 Å². The van der Waals surface area contributed by atoms with Crippen LogP contribution in [0.5, 0.6) is 0 Å². The van der Waals surface area contributed by atoms with Gasteiger partial charge in [0.2, 0.25) is 0 Å². The number of imidazole rings is 1. The van der Waals surface area contributed by atoms with Gasteiger partial charge in [0, 0.05) is 57.9 Å². The molecule has 1 atom stereocenters. The summed E-state index contributed by atoms with van der Waals surface area (Å²) in [6.45, 7) is 3.23. The van der Waals surface area contributed by atoms with Crippen LogP contribution in [0.3, 0.4) is 0 Å². The molecule has 1 aliphatic heterocycles. The van der Waals surface area contributed by atoms with Gasteiger partial charge in [-0.05, 0) is 25.0 Å². The average molecular weight is 345 g/mol. The van der Waals surface area contributed by atoms with Crippen molar-refractivity contribution in [3.63, 3.8) is 0 Å². The molecule has 2 N–H and O–H groups in total. The summed E-state index contributed by atoms with van der Waals surface area (Å²) in [5, 5.41) is 6.73. The van der Waals surface area contributed by atoms with E-state index in [9.17, 15) is 4.39 Å². The van der Waals surface area contributed by atoms with Gasteiger partial charge in [0.1, 0.15) is 0 Å². The molecule has 3 heterocycles. The molecule has 1 saturated heterocycles. The van der Waals surface area contributed by atoms with Crippen molar-refractivity contribution >= 4 is 11.8 Å². The molecule has 0 saturated carbocycles. The second-order valence-corrected chi connectivity index (χ2v) is 6.04. The minimum Gasteiger partial charge on any atom is -0.356 e. The number of hydrogen-bond donors (Lipinski definition) is 2. The van der Waals surface area contributed by atoms with E-state index in [2.05, 4.69) is 25.6 Å². The highest BCUT2D eigenvalue weighted by Gasteiger charge is 2.25. The van der Waals surface area contributed by atoms with Crippen molar-refractivity contribution in [1.29, 1.82) is 0 Å². The van der Waals surface area contributed by atoms with Crippen molar-refractivity contribution in [2.45, 2.75) is 25.4 Å². The van der Waals surface area contributed by atoms with Gasteiger partial charge in [0.05, 0.1) is 6.33 Å². The first-order valence-electron chi connectivity index (χ1n) is 8.54. The van der Waals surface area contributed by atoms with E-state index in [1.807, 2.05) is 22.0 Å². The van der Waals surface area contributed by atoms with Gasteiger partial charge in [0.25, 0.3) is 0 Å². The molecule has 0 bridgehead atoms. The van der Waals surface area contributed by atoms with Gasteiger partial charge in [-0.1, -0.05) is 0 Å². The number of hydrogen-bond acceptors (Lipinski definition) is 4. The van der Waals surface area contributed by atoms with E-state index >= 15 is 0 Å². The molecule has 0 aliphatic carbocycles. The zero-order chi connectivity index (χ0) is 17.5. The summed E-state index contributed by atoms with van der Waals surface area (Å²) < 4.78 is 15.9. The molecule has 1 unspecified atom stereocenters. The van der Waals surface area contributed by atoms with Crippen LogP contribution in [-0.4, -0.2) is 53.2 Å². The predicted molar refractivity (Wildman–Crippen MR) is 96.2 cm³/mol. The summed E-state index contributed by atoms with van der Waals surface area (Å²) in [7, 11) is 1.76. The lowest BCUT2D eigenvalue weighted by Crippen LogP contribution is -2.45. The van der Waals surface area contributed by atoms with Crippen molar-refractivity contribution in [2.75, 3.05) is 31.6 Å². The lowest BCUT2D eigenvalue weighted by Gasteiger charge is -2.20. The molecule has 7 nitrogen and oxygen atoms in total. The number of nitrogens with zero attached hydrogens (tertiary/aromatic N) is 5. The maximum absolute atomic E-state index is 13.9. The molecular weight excluding hydrogens is 321 g/mol. The van der Waals surface area contributed by atoms with Gasteiger partial charge in [-0.2, -0.15) is 0 Å². The molecule has 25 heavy (non-hydrogen) atoms. The highest BCUT2D eigenvalue weighted by atomic mass is 19.1. The number of anilines is 1. The molecular formula is C17H24FN7. The molecule has 0 aromatic carbocycles. The standard InChI is InChI=1S/C17H24FN7/c1-19-17(22-7-3-9-24-11-8-20-13-24)23-14-5-10-25(12-14)16-15(18)4-2-6-21-16/h2,4,6,8,11,13-14H,3,5,7,9-10,12H2,1H3,(H2,19,22,23). The molecule has 3 rings (SSSR count). The molecule has 8 heteroatoms. The van der Waals surface area contributed by atoms with E-state index < -0.39 is 0 Å². The first kappa shape index (κ1) is 17.2. The normalized spacial score (nSPS) is 17.8. The number of aliphatic imine (C=N–C) groups is 1. The highest BCUT2D eigenvalue weighted by molar-refractivity contribution is 5.80. The SMILES string of the molecule is CN=C(NCCCn1ccnc1)NC1CCN(c2ncccc2F)C1. The highest BCUT2D eigenvalue weighted by Crippen LogP contribution is 2.20. The third kappa shape index (κ3) is 4.68. The van der Waals surface area contributed by atoms with E-state index in [0.29, 0.717) is 12.4 Å². The van der Waals surface area contributed by atoms with Gasteiger partial charge in [-0.25, -0.2) is 14.4 Å². The molecule has 2 aromatic rings. The monoisotopic (exact) mass is 345 g/mol. The second-order valence-electron chi connectivity index (χ2n) is 6.04. The first-order valence-corrected chi connectivity index (χ1v) is 8.54. The Morgan fingerprint density at radius 1 is 1.44 bits per heavy atom. The fraction of sp³-hybridized carbons (Fsp3) is 0.471. The summed E-state index contributed by atoms with van der Waals surface area (Å²) in [5.41, 5.74) is 0. The molecule has 0 radical (unpaired) electrons. The fourth-order valence-electron chi connectivity index (χ4n) is 2.96. The smallest absolute Gasteiger partial charge is 0.191 e. The van der Waals surface area contributed by atoms with Crippen LogP contribution in [0, 0.1) is 5.82 Å². The molecule has 2 aromatic heterocycles. The Labute approximate surface area is 147 Å². The molecule has 1 aliphatic rings. The Morgan fingerprint density at radius 3 is 3.12 bits per heavy atom. The lowest BCUT2D eigenvalue weighted by atomic mass is 10.3. The van der Waals surface area contributed by atoms with E-state index in [-0.39, 0.29) is 11.9 Å². The van der Waals surface area contributed by atoms with Crippen molar-refractivity contribution in [2.24, 2.45) is 4.99 Å². The molecule has 0 amide bonds. The Hall–Kier alpha value is -2.64. The van der Waals surface area contributed by atoms with E-state index in [4.69, 9.17) is 0 Å². The van der Waals surface area contributed by atoms with Gasteiger partial charge in [-0.15, -0.1) is 0 Å². The first-order chi connectivity index (χ1) is 12.3. The van der Waals surface area contributed by atoms with Gasteiger partial charge in [-0.3, -0.25) is 4.99 Å². The second kappa shape index (κ2) is 8.46. The van der Waals surface area contributed by atoms with Crippen LogP contribution in [0.25, 0.3) is 0 Å². The quantitative estimate of drug-likeness (QED) is 0.468. The van der Waals surface area contributed by atoms with Gasteiger partial charge in [0.15, 0.2) is 17.6 Å². The Balaban J connectivity index is 1.42. The molecule has 134 valence electrons. The number of pyridine rings is 1. The van der Waals surface area contributed by atoms with Crippen LogP contribution < -0.4 is 15.5 Å². The lowest BCUT2D eigenvalue weighted by molar-refractivity contribution is 0.604. The fourth-order valence-corrected chi connectivity index (χ4v) is 2.96. The third-order valence-corrected chi connectivity index (χ3v) is 4.24. The largest absolute Gasteiger partial charge is 0.356 e.